The Labute approximate surface area is 185 Å². The van der Waals surface area contributed by atoms with Crippen LogP contribution in [0, 0.1) is 6.92 Å². The molecule has 1 aliphatic heterocycles. The smallest absolute Gasteiger partial charge is 0.223 e. The molecule has 31 heavy (non-hydrogen) atoms. The highest BCUT2D eigenvalue weighted by atomic mass is 16.5. The monoisotopic (exact) mass is 421 g/mol. The van der Waals surface area contributed by atoms with Gasteiger partial charge in [0.25, 0.3) is 0 Å². The fourth-order valence-electron chi connectivity index (χ4n) is 4.65. The Bertz CT molecular complexity index is 932. The molecule has 0 saturated heterocycles. The lowest BCUT2D eigenvalue weighted by Crippen LogP contribution is -2.38. The van der Waals surface area contributed by atoms with Crippen molar-refractivity contribution in [2.75, 3.05) is 32.1 Å². The van der Waals surface area contributed by atoms with E-state index < -0.39 is 0 Å². The van der Waals surface area contributed by atoms with Gasteiger partial charge in [-0.25, -0.2) is 9.97 Å². The predicted octanol–water partition coefficient (Wildman–Crippen LogP) is 4.12. The number of hydrogen-bond acceptors (Lipinski definition) is 6. The van der Waals surface area contributed by atoms with Crippen LogP contribution in [-0.2, 0) is 10.2 Å². The van der Waals surface area contributed by atoms with E-state index in [1.807, 2.05) is 12.4 Å². The number of fused-ring (bicyclic) bond motifs is 1. The van der Waals surface area contributed by atoms with Crippen LogP contribution in [0.1, 0.15) is 56.2 Å². The number of benzene rings is 1. The summed E-state index contributed by atoms with van der Waals surface area (Å²) in [5.74, 6) is 0.731. The minimum atomic E-state index is 0.0397. The Hall–Kier alpha value is -2.31. The average molecular weight is 422 g/mol. The van der Waals surface area contributed by atoms with Crippen molar-refractivity contribution in [3.8, 4) is 11.3 Å². The highest BCUT2D eigenvalue weighted by Crippen LogP contribution is 2.33. The van der Waals surface area contributed by atoms with E-state index in [-0.39, 0.29) is 5.41 Å². The van der Waals surface area contributed by atoms with E-state index >= 15 is 0 Å². The van der Waals surface area contributed by atoms with Gasteiger partial charge in [-0.15, -0.1) is 0 Å². The fraction of sp³-hybridized carbons (Fsp3) is 0.560. The number of nitrogens with one attached hydrogen (secondary N) is 2. The van der Waals surface area contributed by atoms with Gasteiger partial charge in [-0.05, 0) is 55.4 Å². The van der Waals surface area contributed by atoms with Crippen LogP contribution in [0.2, 0.25) is 0 Å². The molecule has 1 saturated carbocycles. The Morgan fingerprint density at radius 3 is 2.68 bits per heavy atom. The van der Waals surface area contributed by atoms with E-state index in [0.29, 0.717) is 12.1 Å². The lowest BCUT2D eigenvalue weighted by molar-refractivity contribution is 0.191. The number of aliphatic imine (C=N–C) groups is 1. The van der Waals surface area contributed by atoms with Crippen molar-refractivity contribution >= 4 is 12.2 Å². The summed E-state index contributed by atoms with van der Waals surface area (Å²) in [7, 11) is 1.75. The summed E-state index contributed by atoms with van der Waals surface area (Å²) in [6.45, 7) is 9.11. The van der Waals surface area contributed by atoms with E-state index in [2.05, 4.69) is 59.6 Å². The molecule has 0 amide bonds. The first kappa shape index (κ1) is 21.9. The Balaban J connectivity index is 1.46. The van der Waals surface area contributed by atoms with Gasteiger partial charge in [-0.1, -0.05) is 26.0 Å². The molecule has 1 aromatic heterocycles. The first-order valence-electron chi connectivity index (χ1n) is 11.4. The maximum absolute atomic E-state index is 5.13. The second-order valence-corrected chi connectivity index (χ2v) is 9.52. The van der Waals surface area contributed by atoms with Crippen LogP contribution in [0.4, 0.5) is 5.95 Å². The van der Waals surface area contributed by atoms with Crippen molar-refractivity contribution < 1.29 is 4.74 Å². The molecule has 0 radical (unpaired) electrons. The van der Waals surface area contributed by atoms with Crippen LogP contribution in [0.25, 0.3) is 11.3 Å². The quantitative estimate of drug-likeness (QED) is 0.658. The predicted molar refractivity (Wildman–Crippen MR) is 127 cm³/mol. The molecule has 2 N–H and O–H groups in total. The first-order chi connectivity index (χ1) is 15.0. The van der Waals surface area contributed by atoms with Gasteiger partial charge >= 0.3 is 0 Å². The van der Waals surface area contributed by atoms with Crippen LogP contribution in [0.5, 0.6) is 0 Å². The number of hydrogen-bond donors (Lipinski definition) is 2. The van der Waals surface area contributed by atoms with Gasteiger partial charge in [-0.3, -0.25) is 4.99 Å². The molecule has 2 aliphatic rings. The zero-order valence-corrected chi connectivity index (χ0v) is 19.2. The molecular formula is C25H35N5O. The molecule has 1 fully saturated rings. The van der Waals surface area contributed by atoms with Crippen molar-refractivity contribution in [1.82, 2.24) is 15.3 Å². The average Bonchev–Trinajstić information content (AvgIpc) is 2.76. The Kier molecular flexibility index (Phi) is 6.68. The maximum Gasteiger partial charge on any atom is 0.223 e. The molecule has 2 heterocycles. The third kappa shape index (κ3) is 5.13. The molecule has 0 unspecified atom stereocenters. The van der Waals surface area contributed by atoms with E-state index in [1.165, 1.54) is 24.0 Å². The molecule has 1 aliphatic carbocycles. The molecule has 4 rings (SSSR count). The van der Waals surface area contributed by atoms with E-state index in [9.17, 15) is 0 Å². The highest BCUT2D eigenvalue weighted by molar-refractivity contribution is 5.85. The zero-order valence-electron chi connectivity index (χ0n) is 19.2. The van der Waals surface area contributed by atoms with Crippen molar-refractivity contribution in [2.45, 2.75) is 64.0 Å². The molecule has 2 aromatic rings. The number of nitrogens with zero attached hydrogens (tertiary/aromatic N) is 3. The standard InChI is InChI=1S/C25H35N5O/c1-17-14-28-24(29-21-9-7-20(8-10-21)27-11-12-31-4)30-23(17)18-5-6-19-15-26-16-25(2,3)22(19)13-18/h5-6,13-15,20-21,27H,7-12,16H2,1-4H3,(H,28,29,30). The lowest BCUT2D eigenvalue weighted by Gasteiger charge is -2.30. The third-order valence-electron chi connectivity index (χ3n) is 6.54. The number of aromatic nitrogens is 2. The normalized spacial score (nSPS) is 22.2. The van der Waals surface area contributed by atoms with Crippen molar-refractivity contribution in [3.63, 3.8) is 0 Å². The number of ether oxygens (including phenoxy) is 1. The summed E-state index contributed by atoms with van der Waals surface area (Å²) in [6.07, 6.45) is 8.52. The molecular weight excluding hydrogens is 386 g/mol. The Morgan fingerprint density at radius 2 is 1.90 bits per heavy atom. The number of rotatable bonds is 7. The summed E-state index contributed by atoms with van der Waals surface area (Å²) in [5.41, 5.74) is 5.84. The van der Waals surface area contributed by atoms with Gasteiger partial charge < -0.3 is 15.4 Å². The van der Waals surface area contributed by atoms with Crippen LogP contribution in [-0.4, -0.2) is 55.1 Å². The minimum absolute atomic E-state index is 0.0397. The van der Waals surface area contributed by atoms with Crippen molar-refractivity contribution in [3.05, 3.63) is 41.1 Å². The third-order valence-corrected chi connectivity index (χ3v) is 6.54. The molecule has 0 atom stereocenters. The van der Waals surface area contributed by atoms with E-state index in [4.69, 9.17) is 9.72 Å². The van der Waals surface area contributed by atoms with Crippen LogP contribution in [0.3, 0.4) is 0 Å². The van der Waals surface area contributed by atoms with Crippen LogP contribution >= 0.6 is 0 Å². The molecule has 1 aromatic carbocycles. The van der Waals surface area contributed by atoms with Gasteiger partial charge in [0.1, 0.15) is 0 Å². The number of anilines is 1. The van der Waals surface area contributed by atoms with Gasteiger partial charge in [-0.2, -0.15) is 0 Å². The molecule has 6 heteroatoms. The van der Waals surface area contributed by atoms with Crippen molar-refractivity contribution in [1.29, 1.82) is 0 Å². The first-order valence-corrected chi connectivity index (χ1v) is 11.4. The van der Waals surface area contributed by atoms with E-state index in [1.54, 1.807) is 7.11 Å². The van der Waals surface area contributed by atoms with Gasteiger partial charge in [0.05, 0.1) is 12.3 Å². The molecule has 6 nitrogen and oxygen atoms in total. The highest BCUT2D eigenvalue weighted by Gasteiger charge is 2.26. The topological polar surface area (TPSA) is 71.4 Å². The Morgan fingerprint density at radius 1 is 1.13 bits per heavy atom. The summed E-state index contributed by atoms with van der Waals surface area (Å²) >= 11 is 0. The molecule has 0 spiro atoms. The zero-order chi connectivity index (χ0) is 21.8. The molecule has 0 bridgehead atoms. The summed E-state index contributed by atoms with van der Waals surface area (Å²) in [5, 5.41) is 7.17. The SMILES string of the molecule is COCCNC1CCC(Nc2ncc(C)c(-c3ccc4c(c3)C(C)(C)CN=C4)n2)CC1. The van der Waals surface area contributed by atoms with Crippen LogP contribution in [0.15, 0.2) is 29.4 Å². The number of aryl methyl sites for hydroxylation is 1. The summed E-state index contributed by atoms with van der Waals surface area (Å²) in [4.78, 5) is 14.0. The lowest BCUT2D eigenvalue weighted by atomic mass is 9.79. The number of methoxy groups -OCH3 is 1. The largest absolute Gasteiger partial charge is 0.383 e. The van der Waals surface area contributed by atoms with E-state index in [0.717, 1.165) is 55.3 Å². The summed E-state index contributed by atoms with van der Waals surface area (Å²) < 4.78 is 5.13. The maximum atomic E-state index is 5.13. The fourth-order valence-corrected chi connectivity index (χ4v) is 4.65. The molecule has 166 valence electrons. The van der Waals surface area contributed by atoms with Crippen molar-refractivity contribution in [2.24, 2.45) is 4.99 Å². The summed E-state index contributed by atoms with van der Waals surface area (Å²) in [6, 6.07) is 7.63. The minimum Gasteiger partial charge on any atom is -0.383 e. The second kappa shape index (κ2) is 9.45. The van der Waals surface area contributed by atoms with Crippen LogP contribution < -0.4 is 10.6 Å². The van der Waals surface area contributed by atoms with Gasteiger partial charge in [0, 0.05) is 55.7 Å². The van der Waals surface area contributed by atoms with Gasteiger partial charge in [0.2, 0.25) is 5.95 Å². The van der Waals surface area contributed by atoms with Gasteiger partial charge in [0.15, 0.2) is 0 Å². The second-order valence-electron chi connectivity index (χ2n) is 9.52.